The molecule has 1 aromatic carbocycles. The molecule has 0 aromatic heterocycles. The average molecular weight is 424 g/mol. The summed E-state index contributed by atoms with van der Waals surface area (Å²) in [6.45, 7) is 1.85. The fourth-order valence-electron chi connectivity index (χ4n) is 2.41. The van der Waals surface area contributed by atoms with E-state index in [1.54, 1.807) is 30.3 Å². The van der Waals surface area contributed by atoms with Crippen LogP contribution in [-0.2, 0) is 25.6 Å². The number of nitrogens with two attached hydrogens (primary N) is 1. The minimum atomic E-state index is -1.43. The molecule has 5 unspecified atom stereocenters. The van der Waals surface area contributed by atoms with E-state index < -0.39 is 60.6 Å². The number of aliphatic hydroxyl groups is 2. The Labute approximate surface area is 173 Å². The lowest BCUT2D eigenvalue weighted by atomic mass is 10.1. The van der Waals surface area contributed by atoms with Crippen molar-refractivity contribution in [1.82, 2.24) is 16.0 Å². The third-order valence-corrected chi connectivity index (χ3v) is 4.29. The Kier molecular flexibility index (Phi) is 9.89. The zero-order chi connectivity index (χ0) is 22.8. The number of hydrogen-bond donors (Lipinski definition) is 7. The Morgan fingerprint density at radius 3 is 2.00 bits per heavy atom. The first-order valence-electron chi connectivity index (χ1n) is 9.29. The van der Waals surface area contributed by atoms with E-state index in [-0.39, 0.29) is 6.42 Å². The van der Waals surface area contributed by atoms with Gasteiger partial charge in [0.25, 0.3) is 0 Å². The number of carbonyl (C=O) groups is 4. The van der Waals surface area contributed by atoms with Crippen molar-refractivity contribution in [3.05, 3.63) is 35.9 Å². The van der Waals surface area contributed by atoms with Crippen molar-refractivity contribution in [1.29, 1.82) is 0 Å². The SMILES string of the molecule is CC(NC(=O)C(N)C(C)O)C(=O)NC(CO)C(=O)NC(Cc1ccccc1)C(=O)O. The number of carbonyl (C=O) groups excluding carboxylic acids is 3. The van der Waals surface area contributed by atoms with Crippen LogP contribution in [0.15, 0.2) is 30.3 Å². The van der Waals surface area contributed by atoms with E-state index >= 15 is 0 Å². The molecule has 0 fully saturated rings. The molecule has 0 saturated carbocycles. The highest BCUT2D eigenvalue weighted by Crippen LogP contribution is 2.04. The van der Waals surface area contributed by atoms with Gasteiger partial charge in [0.2, 0.25) is 17.7 Å². The smallest absolute Gasteiger partial charge is 0.326 e. The predicted molar refractivity (Wildman–Crippen MR) is 106 cm³/mol. The van der Waals surface area contributed by atoms with Crippen LogP contribution in [0.2, 0.25) is 0 Å². The fraction of sp³-hybridized carbons (Fsp3) is 0.474. The molecule has 3 amide bonds. The zero-order valence-electron chi connectivity index (χ0n) is 16.7. The quantitative estimate of drug-likeness (QED) is 0.202. The minimum absolute atomic E-state index is 0.0116. The number of nitrogens with one attached hydrogen (secondary N) is 3. The number of amides is 3. The van der Waals surface area contributed by atoms with Crippen LogP contribution in [0.5, 0.6) is 0 Å². The molecule has 0 aliphatic heterocycles. The van der Waals surface area contributed by atoms with Crippen LogP contribution >= 0.6 is 0 Å². The highest BCUT2D eigenvalue weighted by atomic mass is 16.4. The van der Waals surface area contributed by atoms with E-state index in [4.69, 9.17) is 5.73 Å². The summed E-state index contributed by atoms with van der Waals surface area (Å²) in [6.07, 6.45) is -1.12. The van der Waals surface area contributed by atoms with Gasteiger partial charge in [0, 0.05) is 6.42 Å². The molecular weight excluding hydrogens is 396 g/mol. The number of aliphatic carboxylic acids is 1. The number of hydrogen-bond acceptors (Lipinski definition) is 7. The lowest BCUT2D eigenvalue weighted by Gasteiger charge is -2.23. The number of carboxylic acids is 1. The van der Waals surface area contributed by atoms with E-state index in [9.17, 15) is 34.5 Å². The number of carboxylic acid groups (broad SMARTS) is 1. The number of rotatable bonds is 11. The molecule has 5 atom stereocenters. The Morgan fingerprint density at radius 2 is 1.50 bits per heavy atom. The second-order valence-corrected chi connectivity index (χ2v) is 6.83. The molecule has 0 saturated heterocycles. The fourth-order valence-corrected chi connectivity index (χ4v) is 2.41. The van der Waals surface area contributed by atoms with Crippen LogP contribution in [0.3, 0.4) is 0 Å². The van der Waals surface area contributed by atoms with Gasteiger partial charge in [0.15, 0.2) is 0 Å². The maximum atomic E-state index is 12.4. The van der Waals surface area contributed by atoms with Gasteiger partial charge < -0.3 is 37.0 Å². The second-order valence-electron chi connectivity index (χ2n) is 6.83. The van der Waals surface area contributed by atoms with Crippen molar-refractivity contribution in [2.75, 3.05) is 6.61 Å². The highest BCUT2D eigenvalue weighted by molar-refractivity contribution is 5.94. The predicted octanol–water partition coefficient (Wildman–Crippen LogP) is -2.51. The van der Waals surface area contributed by atoms with Crippen LogP contribution < -0.4 is 21.7 Å². The van der Waals surface area contributed by atoms with E-state index in [0.29, 0.717) is 5.56 Å². The zero-order valence-corrected chi connectivity index (χ0v) is 16.7. The minimum Gasteiger partial charge on any atom is -0.480 e. The first kappa shape index (κ1) is 25.0. The van der Waals surface area contributed by atoms with E-state index in [1.165, 1.54) is 13.8 Å². The summed E-state index contributed by atoms with van der Waals surface area (Å²) in [7, 11) is 0. The van der Waals surface area contributed by atoms with Crippen molar-refractivity contribution < 1.29 is 34.5 Å². The molecule has 30 heavy (non-hydrogen) atoms. The van der Waals surface area contributed by atoms with Crippen molar-refractivity contribution in [3.8, 4) is 0 Å². The highest BCUT2D eigenvalue weighted by Gasteiger charge is 2.29. The Morgan fingerprint density at radius 1 is 0.933 bits per heavy atom. The van der Waals surface area contributed by atoms with Gasteiger partial charge in [-0.05, 0) is 19.4 Å². The van der Waals surface area contributed by atoms with Gasteiger partial charge in [0.1, 0.15) is 24.2 Å². The lowest BCUT2D eigenvalue weighted by Crippen LogP contribution is -2.58. The average Bonchev–Trinajstić information content (AvgIpc) is 2.70. The maximum Gasteiger partial charge on any atom is 0.326 e. The van der Waals surface area contributed by atoms with Crippen LogP contribution in [0.25, 0.3) is 0 Å². The molecule has 8 N–H and O–H groups in total. The topological polar surface area (TPSA) is 191 Å². The van der Waals surface area contributed by atoms with Gasteiger partial charge in [-0.1, -0.05) is 30.3 Å². The number of aliphatic hydroxyl groups excluding tert-OH is 2. The van der Waals surface area contributed by atoms with E-state index in [1.807, 2.05) is 0 Å². The van der Waals surface area contributed by atoms with E-state index in [2.05, 4.69) is 16.0 Å². The van der Waals surface area contributed by atoms with Crippen molar-refractivity contribution in [2.45, 2.75) is 50.5 Å². The maximum absolute atomic E-state index is 12.4. The molecular formula is C19H28N4O7. The first-order chi connectivity index (χ1) is 14.1. The lowest BCUT2D eigenvalue weighted by molar-refractivity contribution is -0.142. The molecule has 11 heteroatoms. The molecule has 0 aliphatic rings. The molecule has 0 radical (unpaired) electrons. The largest absolute Gasteiger partial charge is 0.480 e. The molecule has 11 nitrogen and oxygen atoms in total. The Bertz CT molecular complexity index is 742. The molecule has 0 aliphatic carbocycles. The van der Waals surface area contributed by atoms with Crippen LogP contribution in [0, 0.1) is 0 Å². The van der Waals surface area contributed by atoms with Gasteiger partial charge in [-0.15, -0.1) is 0 Å². The second kappa shape index (κ2) is 11.9. The summed E-state index contributed by atoms with van der Waals surface area (Å²) in [5.74, 6) is -3.74. The summed E-state index contributed by atoms with van der Waals surface area (Å²) < 4.78 is 0. The molecule has 0 spiro atoms. The van der Waals surface area contributed by atoms with Crippen molar-refractivity contribution in [3.63, 3.8) is 0 Å². The number of benzene rings is 1. The normalized spacial score (nSPS) is 15.8. The Balaban J connectivity index is 2.70. The molecule has 0 heterocycles. The summed E-state index contributed by atoms with van der Waals surface area (Å²) in [5, 5.41) is 34.9. The third-order valence-electron chi connectivity index (χ3n) is 4.29. The molecule has 1 aromatic rings. The van der Waals surface area contributed by atoms with Gasteiger partial charge in [-0.2, -0.15) is 0 Å². The third kappa shape index (κ3) is 7.78. The standard InChI is InChI=1S/C19H28N4O7/c1-10(21-18(28)15(20)11(2)25)16(26)23-14(9-24)17(27)22-13(19(29)30)8-12-6-4-3-5-7-12/h3-7,10-11,13-15,24-25H,8-9,20H2,1-2H3,(H,21,28)(H,22,27)(H,23,26)(H,29,30). The summed E-state index contributed by atoms with van der Waals surface area (Å²) in [4.78, 5) is 47.9. The van der Waals surface area contributed by atoms with Crippen LogP contribution in [0.1, 0.15) is 19.4 Å². The first-order valence-corrected chi connectivity index (χ1v) is 9.29. The molecule has 0 bridgehead atoms. The van der Waals surface area contributed by atoms with Crippen molar-refractivity contribution in [2.24, 2.45) is 5.73 Å². The molecule has 1 rings (SSSR count). The van der Waals surface area contributed by atoms with Crippen LogP contribution in [0.4, 0.5) is 0 Å². The van der Waals surface area contributed by atoms with E-state index in [0.717, 1.165) is 0 Å². The van der Waals surface area contributed by atoms with Gasteiger partial charge in [-0.3, -0.25) is 14.4 Å². The summed E-state index contributed by atoms with van der Waals surface area (Å²) in [5.41, 5.74) is 6.16. The summed E-state index contributed by atoms with van der Waals surface area (Å²) in [6, 6.07) is 3.56. The van der Waals surface area contributed by atoms with Gasteiger partial charge >= 0.3 is 5.97 Å². The van der Waals surface area contributed by atoms with Crippen molar-refractivity contribution >= 4 is 23.7 Å². The van der Waals surface area contributed by atoms with Gasteiger partial charge in [-0.25, -0.2) is 4.79 Å². The Hall–Kier alpha value is -3.02. The monoisotopic (exact) mass is 424 g/mol. The molecule has 166 valence electrons. The van der Waals surface area contributed by atoms with Crippen LogP contribution in [-0.4, -0.2) is 75.9 Å². The van der Waals surface area contributed by atoms with Gasteiger partial charge in [0.05, 0.1) is 12.7 Å². The summed E-state index contributed by atoms with van der Waals surface area (Å²) >= 11 is 0.